The fourth-order valence-electron chi connectivity index (χ4n) is 1.27. The number of anilines is 1. The van der Waals surface area contributed by atoms with Gasteiger partial charge in [0.15, 0.2) is 0 Å². The van der Waals surface area contributed by atoms with E-state index in [9.17, 15) is 18.0 Å². The van der Waals surface area contributed by atoms with Crippen LogP contribution in [0.3, 0.4) is 0 Å². The van der Waals surface area contributed by atoms with Crippen LogP contribution in [0.5, 0.6) is 0 Å². The third-order valence-electron chi connectivity index (χ3n) is 2.11. The van der Waals surface area contributed by atoms with Gasteiger partial charge < -0.3 is 16.4 Å². The molecule has 0 bridgehead atoms. The molecule has 0 saturated heterocycles. The van der Waals surface area contributed by atoms with E-state index in [0.717, 1.165) is 5.56 Å². The molecule has 1 aromatic carbocycles. The standard InChI is InChI=1S/C11H14F3N3O/c12-11(13,14)4-5-16-10(18)17-9-3-1-2-8(6-9)7-15/h1-3,6H,4-5,7,15H2,(H2,16,17,18). The quantitative estimate of drug-likeness (QED) is 0.778. The molecule has 2 amide bonds. The van der Waals surface area contributed by atoms with Crippen LogP contribution in [0.1, 0.15) is 12.0 Å². The summed E-state index contributed by atoms with van der Waals surface area (Å²) >= 11 is 0. The van der Waals surface area contributed by atoms with Crippen LogP contribution in [0.4, 0.5) is 23.7 Å². The van der Waals surface area contributed by atoms with E-state index in [-0.39, 0.29) is 0 Å². The molecule has 0 atom stereocenters. The largest absolute Gasteiger partial charge is 0.390 e. The summed E-state index contributed by atoms with van der Waals surface area (Å²) in [6.07, 6.45) is -5.32. The molecule has 1 aromatic rings. The first-order chi connectivity index (χ1) is 8.40. The number of urea groups is 1. The molecule has 0 heterocycles. The first-order valence-corrected chi connectivity index (χ1v) is 5.31. The first kappa shape index (κ1) is 14.3. The minimum atomic E-state index is -4.27. The van der Waals surface area contributed by atoms with Crippen molar-refractivity contribution in [1.29, 1.82) is 0 Å². The van der Waals surface area contributed by atoms with Crippen molar-refractivity contribution in [3.8, 4) is 0 Å². The van der Waals surface area contributed by atoms with Gasteiger partial charge in [0.2, 0.25) is 0 Å². The molecule has 0 radical (unpaired) electrons. The number of hydrogen-bond acceptors (Lipinski definition) is 2. The molecule has 0 aliphatic carbocycles. The number of carbonyl (C=O) groups is 1. The van der Waals surface area contributed by atoms with Gasteiger partial charge in [-0.15, -0.1) is 0 Å². The average Bonchev–Trinajstić information content (AvgIpc) is 2.27. The first-order valence-electron chi connectivity index (χ1n) is 5.31. The Hall–Kier alpha value is -1.76. The van der Waals surface area contributed by atoms with Gasteiger partial charge in [-0.3, -0.25) is 0 Å². The van der Waals surface area contributed by atoms with Crippen molar-refractivity contribution in [2.45, 2.75) is 19.1 Å². The molecule has 7 heteroatoms. The highest BCUT2D eigenvalue weighted by Crippen LogP contribution is 2.18. The predicted molar refractivity (Wildman–Crippen MR) is 62.0 cm³/mol. The number of amides is 2. The summed E-state index contributed by atoms with van der Waals surface area (Å²) < 4.78 is 35.5. The molecular formula is C11H14F3N3O. The summed E-state index contributed by atoms with van der Waals surface area (Å²) in [4.78, 5) is 11.3. The van der Waals surface area contributed by atoms with E-state index in [4.69, 9.17) is 5.73 Å². The Balaban J connectivity index is 2.40. The van der Waals surface area contributed by atoms with Crippen molar-refractivity contribution in [2.24, 2.45) is 5.73 Å². The molecule has 0 unspecified atom stereocenters. The molecule has 18 heavy (non-hydrogen) atoms. The zero-order valence-electron chi connectivity index (χ0n) is 9.55. The van der Waals surface area contributed by atoms with Gasteiger partial charge >= 0.3 is 12.2 Å². The molecular weight excluding hydrogens is 247 g/mol. The number of rotatable bonds is 4. The van der Waals surface area contributed by atoms with Gasteiger partial charge in [0.1, 0.15) is 0 Å². The van der Waals surface area contributed by atoms with Gasteiger partial charge in [0.05, 0.1) is 6.42 Å². The maximum Gasteiger partial charge on any atom is 0.390 e. The van der Waals surface area contributed by atoms with E-state index in [1.54, 1.807) is 24.3 Å². The second-order valence-electron chi connectivity index (χ2n) is 3.65. The minimum absolute atomic E-state index is 0.325. The SMILES string of the molecule is NCc1cccc(NC(=O)NCCC(F)(F)F)c1. The lowest BCUT2D eigenvalue weighted by molar-refractivity contribution is -0.132. The Morgan fingerprint density at radius 3 is 2.67 bits per heavy atom. The highest BCUT2D eigenvalue weighted by atomic mass is 19.4. The summed E-state index contributed by atoms with van der Waals surface area (Å²) in [5, 5.41) is 4.55. The third kappa shape index (κ3) is 5.53. The molecule has 0 aromatic heterocycles. The molecule has 0 spiro atoms. The number of benzene rings is 1. The van der Waals surface area contributed by atoms with Gasteiger partial charge in [-0.25, -0.2) is 4.79 Å². The molecule has 100 valence electrons. The third-order valence-corrected chi connectivity index (χ3v) is 2.11. The van der Waals surface area contributed by atoms with Crippen LogP contribution in [0, 0.1) is 0 Å². The second kappa shape index (κ2) is 6.25. The summed E-state index contributed by atoms with van der Waals surface area (Å²) in [6.45, 7) is -0.128. The maximum absolute atomic E-state index is 11.8. The zero-order chi connectivity index (χ0) is 13.6. The predicted octanol–water partition coefficient (Wildman–Crippen LogP) is 2.22. The number of alkyl halides is 3. The van der Waals surface area contributed by atoms with Gasteiger partial charge in [-0.05, 0) is 17.7 Å². The molecule has 1 rings (SSSR count). The van der Waals surface area contributed by atoms with Crippen molar-refractivity contribution in [3.63, 3.8) is 0 Å². The molecule has 0 aliphatic rings. The molecule has 4 nitrogen and oxygen atoms in total. The Morgan fingerprint density at radius 2 is 2.06 bits per heavy atom. The van der Waals surface area contributed by atoms with Gasteiger partial charge in [-0.2, -0.15) is 13.2 Å². The minimum Gasteiger partial charge on any atom is -0.338 e. The Labute approximate surface area is 102 Å². The average molecular weight is 261 g/mol. The van der Waals surface area contributed by atoms with Crippen molar-refractivity contribution < 1.29 is 18.0 Å². The smallest absolute Gasteiger partial charge is 0.338 e. The number of nitrogens with one attached hydrogen (secondary N) is 2. The van der Waals surface area contributed by atoms with Crippen molar-refractivity contribution in [2.75, 3.05) is 11.9 Å². The summed E-state index contributed by atoms with van der Waals surface area (Å²) in [6, 6.07) is 6.10. The maximum atomic E-state index is 11.8. The van der Waals surface area contributed by atoms with E-state index < -0.39 is 25.2 Å². The van der Waals surface area contributed by atoms with Crippen LogP contribution in [-0.2, 0) is 6.54 Å². The van der Waals surface area contributed by atoms with Crippen molar-refractivity contribution in [3.05, 3.63) is 29.8 Å². The van der Waals surface area contributed by atoms with Crippen LogP contribution in [0.25, 0.3) is 0 Å². The van der Waals surface area contributed by atoms with E-state index in [1.165, 1.54) is 0 Å². The zero-order valence-corrected chi connectivity index (χ0v) is 9.55. The van der Waals surface area contributed by atoms with Crippen LogP contribution in [0.15, 0.2) is 24.3 Å². The fraction of sp³-hybridized carbons (Fsp3) is 0.364. The van der Waals surface area contributed by atoms with Gasteiger partial charge in [0.25, 0.3) is 0 Å². The topological polar surface area (TPSA) is 67.1 Å². The van der Waals surface area contributed by atoms with Gasteiger partial charge in [-0.1, -0.05) is 12.1 Å². The van der Waals surface area contributed by atoms with E-state index in [2.05, 4.69) is 10.6 Å². The summed E-state index contributed by atoms with van der Waals surface area (Å²) in [5.74, 6) is 0. The lowest BCUT2D eigenvalue weighted by Crippen LogP contribution is -2.31. The monoisotopic (exact) mass is 261 g/mol. The van der Waals surface area contributed by atoms with Crippen molar-refractivity contribution >= 4 is 11.7 Å². The molecule has 0 fully saturated rings. The van der Waals surface area contributed by atoms with Crippen LogP contribution >= 0.6 is 0 Å². The Bertz CT molecular complexity index is 407. The summed E-state index contributed by atoms with van der Waals surface area (Å²) in [5.41, 5.74) is 6.73. The number of hydrogen-bond donors (Lipinski definition) is 3. The van der Waals surface area contributed by atoms with Crippen LogP contribution < -0.4 is 16.4 Å². The number of nitrogens with two attached hydrogens (primary N) is 1. The number of carbonyl (C=O) groups excluding carboxylic acids is 1. The Morgan fingerprint density at radius 1 is 1.33 bits per heavy atom. The molecule has 4 N–H and O–H groups in total. The Kier molecular flexibility index (Phi) is 4.96. The van der Waals surface area contributed by atoms with E-state index in [0.29, 0.717) is 12.2 Å². The van der Waals surface area contributed by atoms with Crippen LogP contribution in [0.2, 0.25) is 0 Å². The lowest BCUT2D eigenvalue weighted by atomic mass is 10.2. The molecule has 0 saturated carbocycles. The van der Waals surface area contributed by atoms with E-state index >= 15 is 0 Å². The number of halogens is 3. The molecule has 0 aliphatic heterocycles. The highest BCUT2D eigenvalue weighted by molar-refractivity contribution is 5.89. The normalized spacial score (nSPS) is 11.1. The lowest BCUT2D eigenvalue weighted by Gasteiger charge is -2.09. The highest BCUT2D eigenvalue weighted by Gasteiger charge is 2.26. The van der Waals surface area contributed by atoms with Gasteiger partial charge in [0, 0.05) is 18.8 Å². The van der Waals surface area contributed by atoms with E-state index in [1.807, 2.05) is 0 Å². The summed E-state index contributed by atoms with van der Waals surface area (Å²) in [7, 11) is 0. The second-order valence-corrected chi connectivity index (χ2v) is 3.65. The van der Waals surface area contributed by atoms with Crippen molar-refractivity contribution in [1.82, 2.24) is 5.32 Å². The fourth-order valence-corrected chi connectivity index (χ4v) is 1.27. The van der Waals surface area contributed by atoms with Crippen LogP contribution in [-0.4, -0.2) is 18.8 Å².